The summed E-state index contributed by atoms with van der Waals surface area (Å²) in [4.78, 5) is 27.1. The highest BCUT2D eigenvalue weighted by Crippen LogP contribution is 2.31. The molecule has 134 valence electrons. The second kappa shape index (κ2) is 8.82. The fourth-order valence-electron chi connectivity index (χ4n) is 2.01. The van der Waals surface area contributed by atoms with Crippen molar-refractivity contribution in [1.29, 1.82) is 0 Å². The zero-order valence-electron chi connectivity index (χ0n) is 13.8. The van der Waals surface area contributed by atoms with Crippen molar-refractivity contribution in [3.8, 4) is 5.75 Å². The number of aryl methyl sites for hydroxylation is 2. The molecule has 2 aromatic rings. The number of benzene rings is 1. The molecule has 0 atom stereocenters. The minimum Gasteiger partial charge on any atom is -0.494 e. The molecule has 0 aliphatic heterocycles. The third-order valence-corrected chi connectivity index (χ3v) is 5.66. The molecular formula is C16H18FN3O3S2. The Hall–Kier alpha value is -2.13. The minimum atomic E-state index is -0.452. The zero-order chi connectivity index (χ0) is 18.4. The molecule has 25 heavy (non-hydrogen) atoms. The first kappa shape index (κ1) is 19.2. The van der Waals surface area contributed by atoms with E-state index in [1.54, 1.807) is 13.0 Å². The Morgan fingerprint density at radius 3 is 2.84 bits per heavy atom. The highest BCUT2D eigenvalue weighted by molar-refractivity contribution is 8.01. The van der Waals surface area contributed by atoms with Crippen molar-refractivity contribution >= 4 is 40.0 Å². The monoisotopic (exact) mass is 383 g/mol. The molecule has 3 N–H and O–H groups in total. The standard InChI is InChI=1S/C16H18FN3O3S2/c1-9-15(24-8-13(18)21)25-16(19-9)20-14(22)6-4-10-3-5-12(23-2)11(17)7-10/h3,5,7H,4,6,8H2,1-2H3,(H2,18,21)(H,19,20,22). The van der Waals surface area contributed by atoms with E-state index < -0.39 is 11.7 Å². The maximum Gasteiger partial charge on any atom is 0.227 e. The van der Waals surface area contributed by atoms with Gasteiger partial charge in [-0.15, -0.1) is 11.8 Å². The highest BCUT2D eigenvalue weighted by Gasteiger charge is 2.12. The van der Waals surface area contributed by atoms with Crippen molar-refractivity contribution < 1.29 is 18.7 Å². The number of ether oxygens (including phenoxy) is 1. The molecule has 0 saturated carbocycles. The molecule has 2 amide bonds. The lowest BCUT2D eigenvalue weighted by molar-refractivity contribution is -0.116. The summed E-state index contributed by atoms with van der Waals surface area (Å²) in [7, 11) is 1.40. The van der Waals surface area contributed by atoms with Gasteiger partial charge in [0.25, 0.3) is 0 Å². The van der Waals surface area contributed by atoms with Gasteiger partial charge in [0.1, 0.15) is 0 Å². The van der Waals surface area contributed by atoms with E-state index in [1.165, 1.54) is 42.3 Å². The van der Waals surface area contributed by atoms with Gasteiger partial charge in [-0.3, -0.25) is 9.59 Å². The van der Waals surface area contributed by atoms with Gasteiger partial charge in [-0.1, -0.05) is 17.4 Å². The van der Waals surface area contributed by atoms with Crippen molar-refractivity contribution in [2.24, 2.45) is 5.73 Å². The Morgan fingerprint density at radius 1 is 1.44 bits per heavy atom. The van der Waals surface area contributed by atoms with E-state index in [4.69, 9.17) is 10.5 Å². The Bertz CT molecular complexity index is 780. The Labute approximate surface area is 153 Å². The van der Waals surface area contributed by atoms with Crippen molar-refractivity contribution in [1.82, 2.24) is 4.98 Å². The van der Waals surface area contributed by atoms with Crippen LogP contribution in [0.1, 0.15) is 17.7 Å². The first-order valence-electron chi connectivity index (χ1n) is 7.40. The van der Waals surface area contributed by atoms with E-state index in [0.29, 0.717) is 17.1 Å². The van der Waals surface area contributed by atoms with Gasteiger partial charge in [0.05, 0.1) is 22.8 Å². The number of aromatic nitrogens is 1. The lowest BCUT2D eigenvalue weighted by atomic mass is 10.1. The number of nitrogens with zero attached hydrogens (tertiary/aromatic N) is 1. The molecule has 0 bridgehead atoms. The van der Waals surface area contributed by atoms with Crippen LogP contribution in [0.5, 0.6) is 5.75 Å². The summed E-state index contributed by atoms with van der Waals surface area (Å²) >= 11 is 2.59. The number of nitrogens with two attached hydrogens (primary N) is 1. The average Bonchev–Trinajstić information content (AvgIpc) is 2.90. The Kier molecular flexibility index (Phi) is 6.77. The molecule has 0 aliphatic carbocycles. The van der Waals surface area contributed by atoms with Crippen LogP contribution in [0.25, 0.3) is 0 Å². The average molecular weight is 383 g/mol. The molecular weight excluding hydrogens is 365 g/mol. The van der Waals surface area contributed by atoms with Crippen LogP contribution in [0, 0.1) is 12.7 Å². The molecule has 0 aliphatic rings. The number of hydrogen-bond acceptors (Lipinski definition) is 6. The van der Waals surface area contributed by atoms with E-state index in [-0.39, 0.29) is 23.8 Å². The SMILES string of the molecule is COc1ccc(CCC(=O)Nc2nc(C)c(SCC(N)=O)s2)cc1F. The zero-order valence-corrected chi connectivity index (χ0v) is 15.4. The van der Waals surface area contributed by atoms with Crippen LogP contribution in [0.4, 0.5) is 9.52 Å². The van der Waals surface area contributed by atoms with Crippen molar-refractivity contribution in [2.45, 2.75) is 24.0 Å². The summed E-state index contributed by atoms with van der Waals surface area (Å²) in [5, 5.41) is 3.19. The molecule has 0 spiro atoms. The number of thioether (sulfide) groups is 1. The summed E-state index contributed by atoms with van der Waals surface area (Å²) < 4.78 is 19.3. The number of carbonyl (C=O) groups excluding carboxylic acids is 2. The number of rotatable bonds is 8. The van der Waals surface area contributed by atoms with E-state index >= 15 is 0 Å². The number of carbonyl (C=O) groups is 2. The summed E-state index contributed by atoms with van der Waals surface area (Å²) in [6, 6.07) is 4.62. The molecule has 6 nitrogen and oxygen atoms in total. The van der Waals surface area contributed by atoms with Gasteiger partial charge in [0.15, 0.2) is 16.7 Å². The first-order valence-corrected chi connectivity index (χ1v) is 9.20. The fraction of sp³-hybridized carbons (Fsp3) is 0.312. The Balaban J connectivity index is 1.89. The largest absolute Gasteiger partial charge is 0.494 e. The van der Waals surface area contributed by atoms with Gasteiger partial charge < -0.3 is 15.8 Å². The van der Waals surface area contributed by atoms with E-state index in [1.807, 2.05) is 0 Å². The summed E-state index contributed by atoms with van der Waals surface area (Å²) in [5.74, 6) is -0.731. The van der Waals surface area contributed by atoms with E-state index in [9.17, 15) is 14.0 Å². The molecule has 1 heterocycles. The first-order chi connectivity index (χ1) is 11.9. The normalized spacial score (nSPS) is 10.5. The molecule has 0 unspecified atom stereocenters. The molecule has 0 saturated heterocycles. The molecule has 2 rings (SSSR count). The maximum atomic E-state index is 13.6. The van der Waals surface area contributed by atoms with Crippen molar-refractivity contribution in [2.75, 3.05) is 18.2 Å². The number of amides is 2. The van der Waals surface area contributed by atoms with Crippen LogP contribution < -0.4 is 15.8 Å². The molecule has 9 heteroatoms. The molecule has 0 radical (unpaired) electrons. The van der Waals surface area contributed by atoms with Crippen molar-refractivity contribution in [3.05, 3.63) is 35.3 Å². The van der Waals surface area contributed by atoms with Gasteiger partial charge >= 0.3 is 0 Å². The third-order valence-electron chi connectivity index (χ3n) is 3.20. The number of nitrogens with one attached hydrogen (secondary N) is 1. The number of methoxy groups -OCH3 is 1. The number of thiazole rings is 1. The molecule has 1 aromatic heterocycles. The number of hydrogen-bond donors (Lipinski definition) is 2. The summed E-state index contributed by atoms with van der Waals surface area (Å²) in [6.45, 7) is 1.80. The van der Waals surface area contributed by atoms with Crippen LogP contribution in [0.2, 0.25) is 0 Å². The number of primary amides is 1. The van der Waals surface area contributed by atoms with Crippen molar-refractivity contribution in [3.63, 3.8) is 0 Å². The lowest BCUT2D eigenvalue weighted by Crippen LogP contribution is -2.12. The summed E-state index contributed by atoms with van der Waals surface area (Å²) in [5.41, 5.74) is 6.57. The van der Waals surface area contributed by atoms with Crippen LogP contribution in [0.3, 0.4) is 0 Å². The van der Waals surface area contributed by atoms with Crippen LogP contribution in [-0.4, -0.2) is 29.7 Å². The minimum absolute atomic E-state index is 0.166. The summed E-state index contributed by atoms with van der Waals surface area (Å²) in [6.07, 6.45) is 0.606. The van der Waals surface area contributed by atoms with Gasteiger partial charge in [-0.25, -0.2) is 9.37 Å². The van der Waals surface area contributed by atoms with E-state index in [2.05, 4.69) is 10.3 Å². The maximum absolute atomic E-state index is 13.6. The highest BCUT2D eigenvalue weighted by atomic mass is 32.2. The lowest BCUT2D eigenvalue weighted by Gasteiger charge is -2.05. The smallest absolute Gasteiger partial charge is 0.227 e. The Morgan fingerprint density at radius 2 is 2.20 bits per heavy atom. The van der Waals surface area contributed by atoms with Gasteiger partial charge in [-0.05, 0) is 31.0 Å². The van der Waals surface area contributed by atoms with Crippen LogP contribution in [0.15, 0.2) is 22.4 Å². The van der Waals surface area contributed by atoms with Crippen LogP contribution >= 0.6 is 23.1 Å². The van der Waals surface area contributed by atoms with Gasteiger partial charge in [0, 0.05) is 6.42 Å². The molecule has 0 fully saturated rings. The second-order valence-corrected chi connectivity index (χ2v) is 7.41. The van der Waals surface area contributed by atoms with Gasteiger partial charge in [0.2, 0.25) is 11.8 Å². The van der Waals surface area contributed by atoms with Crippen LogP contribution in [-0.2, 0) is 16.0 Å². The predicted octanol–water partition coefficient (Wildman–Crippen LogP) is 2.75. The van der Waals surface area contributed by atoms with Gasteiger partial charge in [-0.2, -0.15) is 0 Å². The third kappa shape index (κ3) is 5.71. The second-order valence-electron chi connectivity index (χ2n) is 5.16. The predicted molar refractivity (Wildman–Crippen MR) is 96.7 cm³/mol. The number of halogens is 1. The quantitative estimate of drug-likeness (QED) is 0.684. The van der Waals surface area contributed by atoms with E-state index in [0.717, 1.165) is 9.90 Å². The topological polar surface area (TPSA) is 94.3 Å². The number of anilines is 1. The fourth-order valence-corrected chi connectivity index (χ4v) is 3.91. The molecule has 1 aromatic carbocycles.